The van der Waals surface area contributed by atoms with E-state index >= 15 is 0 Å². The maximum atomic E-state index is 11.9. The minimum atomic E-state index is -0.833. The molecule has 0 aromatic heterocycles. The summed E-state index contributed by atoms with van der Waals surface area (Å²) in [6.45, 7) is 8.57. The molecule has 0 saturated heterocycles. The number of rotatable bonds is 8. The quantitative estimate of drug-likeness (QED) is 0.772. The molecule has 0 saturated carbocycles. The van der Waals surface area contributed by atoms with E-state index in [0.29, 0.717) is 18.9 Å². The topological polar surface area (TPSA) is 66.4 Å². The number of amides is 1. The van der Waals surface area contributed by atoms with E-state index in [4.69, 9.17) is 5.11 Å². The molecule has 0 fully saturated rings. The fourth-order valence-corrected chi connectivity index (χ4v) is 2.34. The Bertz CT molecular complexity index is 494. The number of carboxylic acids is 1. The van der Waals surface area contributed by atoms with Gasteiger partial charge in [0.25, 0.3) is 0 Å². The van der Waals surface area contributed by atoms with Crippen LogP contribution < -0.4 is 5.32 Å². The number of hydrogen-bond acceptors (Lipinski definition) is 2. The summed E-state index contributed by atoms with van der Waals surface area (Å²) in [4.78, 5) is 22.5. The Balaban J connectivity index is 2.45. The Morgan fingerprint density at radius 1 is 1.00 bits per heavy atom. The average molecular weight is 305 g/mol. The van der Waals surface area contributed by atoms with E-state index in [2.05, 4.69) is 43.4 Å². The van der Waals surface area contributed by atoms with Crippen LogP contribution in [0.1, 0.15) is 63.5 Å². The SMILES string of the molecule is CC(CNC(=O)CC(C)c1ccc(C(C)C)cc1)CC(=O)O. The third-order valence-corrected chi connectivity index (χ3v) is 3.83. The third-order valence-electron chi connectivity index (χ3n) is 3.83. The van der Waals surface area contributed by atoms with Gasteiger partial charge in [-0.2, -0.15) is 0 Å². The van der Waals surface area contributed by atoms with Gasteiger partial charge in [-0.25, -0.2) is 0 Å². The molecule has 2 atom stereocenters. The van der Waals surface area contributed by atoms with E-state index in [1.54, 1.807) is 0 Å². The highest BCUT2D eigenvalue weighted by Crippen LogP contribution is 2.22. The van der Waals surface area contributed by atoms with Crippen molar-refractivity contribution in [2.24, 2.45) is 5.92 Å². The Morgan fingerprint density at radius 3 is 2.05 bits per heavy atom. The van der Waals surface area contributed by atoms with Crippen LogP contribution in [0.15, 0.2) is 24.3 Å². The van der Waals surface area contributed by atoms with Crippen molar-refractivity contribution in [1.82, 2.24) is 5.32 Å². The minimum absolute atomic E-state index is 0.0299. The van der Waals surface area contributed by atoms with Crippen molar-refractivity contribution in [3.63, 3.8) is 0 Å². The molecule has 1 aromatic rings. The fourth-order valence-electron chi connectivity index (χ4n) is 2.34. The van der Waals surface area contributed by atoms with E-state index in [9.17, 15) is 9.59 Å². The Kier molecular flexibility index (Phi) is 7.09. The lowest BCUT2D eigenvalue weighted by molar-refractivity contribution is -0.138. The first kappa shape index (κ1) is 18.2. The highest BCUT2D eigenvalue weighted by Gasteiger charge is 2.13. The van der Waals surface area contributed by atoms with Crippen molar-refractivity contribution in [2.45, 2.75) is 52.4 Å². The molecule has 2 N–H and O–H groups in total. The molecule has 0 aliphatic rings. The van der Waals surface area contributed by atoms with Gasteiger partial charge in [-0.3, -0.25) is 9.59 Å². The lowest BCUT2D eigenvalue weighted by Crippen LogP contribution is -2.29. The Labute approximate surface area is 132 Å². The normalized spacial score (nSPS) is 13.7. The van der Waals surface area contributed by atoms with Crippen LogP contribution in [0.2, 0.25) is 0 Å². The molecule has 4 heteroatoms. The molecule has 0 bridgehead atoms. The first-order valence-electron chi connectivity index (χ1n) is 7.88. The van der Waals surface area contributed by atoms with Crippen LogP contribution in [0.25, 0.3) is 0 Å². The summed E-state index contributed by atoms with van der Waals surface area (Å²) in [5, 5.41) is 11.5. The molecular formula is C18H27NO3. The summed E-state index contributed by atoms with van der Waals surface area (Å²) in [5.41, 5.74) is 2.45. The molecule has 1 amide bonds. The van der Waals surface area contributed by atoms with E-state index in [-0.39, 0.29) is 24.2 Å². The lowest BCUT2D eigenvalue weighted by Gasteiger charge is -2.15. The van der Waals surface area contributed by atoms with Crippen LogP contribution >= 0.6 is 0 Å². The van der Waals surface area contributed by atoms with Crippen LogP contribution in [0.3, 0.4) is 0 Å². The van der Waals surface area contributed by atoms with Crippen LogP contribution in [-0.2, 0) is 9.59 Å². The van der Waals surface area contributed by atoms with Gasteiger partial charge >= 0.3 is 5.97 Å². The summed E-state index contributed by atoms with van der Waals surface area (Å²) < 4.78 is 0. The largest absolute Gasteiger partial charge is 0.481 e. The number of carbonyl (C=O) groups excluding carboxylic acids is 1. The maximum Gasteiger partial charge on any atom is 0.303 e. The molecule has 0 aliphatic heterocycles. The summed E-state index contributed by atoms with van der Waals surface area (Å²) in [6.07, 6.45) is 0.493. The number of nitrogens with one attached hydrogen (secondary N) is 1. The first-order chi connectivity index (χ1) is 10.3. The molecular weight excluding hydrogens is 278 g/mol. The van der Waals surface area contributed by atoms with Gasteiger partial charge in [0.2, 0.25) is 5.91 Å². The summed E-state index contributed by atoms with van der Waals surface area (Å²) >= 11 is 0. The van der Waals surface area contributed by atoms with Gasteiger partial charge in [-0.1, -0.05) is 52.0 Å². The average Bonchev–Trinajstić information content (AvgIpc) is 2.44. The fraction of sp³-hybridized carbons (Fsp3) is 0.556. The zero-order valence-corrected chi connectivity index (χ0v) is 13.9. The molecule has 22 heavy (non-hydrogen) atoms. The monoisotopic (exact) mass is 305 g/mol. The summed E-state index contributed by atoms with van der Waals surface area (Å²) in [7, 11) is 0. The third kappa shape index (κ3) is 6.29. The van der Waals surface area contributed by atoms with E-state index in [0.717, 1.165) is 5.56 Å². The van der Waals surface area contributed by atoms with Crippen LogP contribution in [-0.4, -0.2) is 23.5 Å². The number of hydrogen-bond donors (Lipinski definition) is 2. The molecule has 0 aliphatic carbocycles. The van der Waals surface area contributed by atoms with Crippen LogP contribution in [0.4, 0.5) is 0 Å². The van der Waals surface area contributed by atoms with E-state index < -0.39 is 5.97 Å². The number of carbonyl (C=O) groups is 2. The second-order valence-electron chi connectivity index (χ2n) is 6.43. The van der Waals surface area contributed by atoms with Gasteiger partial charge in [-0.15, -0.1) is 0 Å². The maximum absolute atomic E-state index is 11.9. The van der Waals surface area contributed by atoms with Crippen molar-refractivity contribution in [2.75, 3.05) is 6.54 Å². The first-order valence-corrected chi connectivity index (χ1v) is 7.88. The molecule has 122 valence electrons. The van der Waals surface area contributed by atoms with Gasteiger partial charge in [0.05, 0.1) is 0 Å². The molecule has 0 spiro atoms. The standard InChI is InChI=1S/C18H27NO3/c1-12(2)15-5-7-16(8-6-15)14(4)10-17(20)19-11-13(3)9-18(21)22/h5-8,12-14H,9-11H2,1-4H3,(H,19,20)(H,21,22). The van der Waals surface area contributed by atoms with Crippen molar-refractivity contribution in [3.8, 4) is 0 Å². The molecule has 0 radical (unpaired) electrons. The van der Waals surface area contributed by atoms with Crippen LogP contribution in [0, 0.1) is 5.92 Å². The van der Waals surface area contributed by atoms with Gasteiger partial charge in [0, 0.05) is 19.4 Å². The smallest absolute Gasteiger partial charge is 0.303 e. The van der Waals surface area contributed by atoms with E-state index in [1.807, 2.05) is 13.8 Å². The zero-order chi connectivity index (χ0) is 16.7. The minimum Gasteiger partial charge on any atom is -0.481 e. The molecule has 1 rings (SSSR count). The molecule has 4 nitrogen and oxygen atoms in total. The predicted octanol–water partition coefficient (Wildman–Crippen LogP) is 3.53. The van der Waals surface area contributed by atoms with E-state index in [1.165, 1.54) is 5.56 Å². The molecule has 1 aromatic carbocycles. The second-order valence-corrected chi connectivity index (χ2v) is 6.43. The van der Waals surface area contributed by atoms with Gasteiger partial charge in [-0.05, 0) is 28.9 Å². The van der Waals surface area contributed by atoms with Crippen molar-refractivity contribution < 1.29 is 14.7 Å². The van der Waals surface area contributed by atoms with Crippen LogP contribution in [0.5, 0.6) is 0 Å². The molecule has 0 heterocycles. The highest BCUT2D eigenvalue weighted by atomic mass is 16.4. The number of carboxylic acid groups (broad SMARTS) is 1. The van der Waals surface area contributed by atoms with Gasteiger partial charge < -0.3 is 10.4 Å². The summed E-state index contributed by atoms with van der Waals surface area (Å²) in [5.74, 6) is -0.264. The highest BCUT2D eigenvalue weighted by molar-refractivity contribution is 5.77. The van der Waals surface area contributed by atoms with Crippen molar-refractivity contribution in [3.05, 3.63) is 35.4 Å². The zero-order valence-electron chi connectivity index (χ0n) is 13.9. The number of benzene rings is 1. The van der Waals surface area contributed by atoms with Gasteiger partial charge in [0.15, 0.2) is 0 Å². The Morgan fingerprint density at radius 2 is 1.55 bits per heavy atom. The van der Waals surface area contributed by atoms with Crippen molar-refractivity contribution in [1.29, 1.82) is 0 Å². The Hall–Kier alpha value is -1.84. The predicted molar refractivity (Wildman–Crippen MR) is 88.0 cm³/mol. The molecule has 2 unspecified atom stereocenters. The summed E-state index contributed by atoms with van der Waals surface area (Å²) in [6, 6.07) is 8.40. The second kappa shape index (κ2) is 8.57. The van der Waals surface area contributed by atoms with Gasteiger partial charge in [0.1, 0.15) is 0 Å². The lowest BCUT2D eigenvalue weighted by atomic mass is 9.94. The van der Waals surface area contributed by atoms with Crippen molar-refractivity contribution >= 4 is 11.9 Å². The number of aliphatic carboxylic acids is 1.